The van der Waals surface area contributed by atoms with Gasteiger partial charge in [-0.15, -0.1) is 0 Å². The van der Waals surface area contributed by atoms with Gasteiger partial charge in [0, 0.05) is 6.42 Å². The fraction of sp³-hybridized carbons (Fsp3) is 0.136. The smallest absolute Gasteiger partial charge is 0.305 e. The molecule has 0 atom stereocenters. The summed E-state index contributed by atoms with van der Waals surface area (Å²) in [5, 5.41) is 0. The van der Waals surface area contributed by atoms with Crippen LogP contribution in [0.4, 0.5) is 0 Å². The third-order valence-electron chi connectivity index (χ3n) is 4.10. The first-order valence-electron chi connectivity index (χ1n) is 8.08. The average molecular weight is 316 g/mol. The van der Waals surface area contributed by atoms with E-state index < -0.39 is 0 Å². The van der Waals surface area contributed by atoms with Gasteiger partial charge in [0.15, 0.2) is 0 Å². The summed E-state index contributed by atoms with van der Waals surface area (Å²) in [6.07, 6.45) is 1.09. The molecule has 0 aliphatic heterocycles. The number of carbonyl (C=O) groups is 1. The molecule has 0 spiro atoms. The SMILES string of the molecule is COC(=O)CCc1cccc(-c2ccccc2-c2ccccc2)c1. The molecule has 0 saturated carbocycles. The third kappa shape index (κ3) is 3.72. The molecule has 24 heavy (non-hydrogen) atoms. The van der Waals surface area contributed by atoms with Crippen LogP contribution in [0.5, 0.6) is 0 Å². The highest BCUT2D eigenvalue weighted by Crippen LogP contribution is 2.32. The van der Waals surface area contributed by atoms with Gasteiger partial charge in [0.05, 0.1) is 7.11 Å². The van der Waals surface area contributed by atoms with Crippen LogP contribution >= 0.6 is 0 Å². The summed E-state index contributed by atoms with van der Waals surface area (Å²) >= 11 is 0. The molecule has 120 valence electrons. The molecule has 0 amide bonds. The lowest BCUT2D eigenvalue weighted by atomic mass is 9.93. The lowest BCUT2D eigenvalue weighted by Gasteiger charge is -2.11. The van der Waals surface area contributed by atoms with Gasteiger partial charge < -0.3 is 4.74 Å². The number of aryl methyl sites for hydroxylation is 1. The van der Waals surface area contributed by atoms with Crippen molar-refractivity contribution < 1.29 is 9.53 Å². The van der Waals surface area contributed by atoms with Crippen LogP contribution in [0.25, 0.3) is 22.3 Å². The zero-order valence-corrected chi connectivity index (χ0v) is 13.7. The predicted molar refractivity (Wildman–Crippen MR) is 97.7 cm³/mol. The highest BCUT2D eigenvalue weighted by molar-refractivity contribution is 5.83. The maximum atomic E-state index is 11.4. The van der Waals surface area contributed by atoms with Crippen LogP contribution in [0.2, 0.25) is 0 Å². The van der Waals surface area contributed by atoms with Crippen molar-refractivity contribution in [3.05, 3.63) is 84.4 Å². The molecule has 0 aromatic heterocycles. The summed E-state index contributed by atoms with van der Waals surface area (Å²) in [6.45, 7) is 0. The number of carbonyl (C=O) groups excluding carboxylic acids is 1. The van der Waals surface area contributed by atoms with E-state index in [1.807, 2.05) is 12.1 Å². The Balaban J connectivity index is 1.94. The molecule has 3 rings (SSSR count). The molecule has 3 aromatic carbocycles. The van der Waals surface area contributed by atoms with Crippen molar-refractivity contribution in [2.75, 3.05) is 7.11 Å². The molecule has 0 aliphatic carbocycles. The number of methoxy groups -OCH3 is 1. The molecule has 0 unspecified atom stereocenters. The third-order valence-corrected chi connectivity index (χ3v) is 4.10. The average Bonchev–Trinajstić information content (AvgIpc) is 2.67. The normalized spacial score (nSPS) is 10.4. The van der Waals surface area contributed by atoms with Crippen LogP contribution < -0.4 is 0 Å². The maximum absolute atomic E-state index is 11.4. The first kappa shape index (κ1) is 16.0. The Morgan fingerprint density at radius 3 is 2.12 bits per heavy atom. The topological polar surface area (TPSA) is 26.3 Å². The summed E-state index contributed by atoms with van der Waals surface area (Å²) in [5.41, 5.74) is 5.91. The first-order chi connectivity index (χ1) is 11.8. The van der Waals surface area contributed by atoms with Crippen LogP contribution in [0.15, 0.2) is 78.9 Å². The van der Waals surface area contributed by atoms with E-state index in [0.717, 1.165) is 11.1 Å². The standard InChI is InChI=1S/C22H20O2/c1-24-22(23)15-14-17-8-7-11-19(16-17)21-13-6-5-12-20(21)18-9-3-2-4-10-18/h2-13,16H,14-15H2,1H3. The highest BCUT2D eigenvalue weighted by Gasteiger charge is 2.08. The van der Waals surface area contributed by atoms with Crippen molar-refractivity contribution in [2.45, 2.75) is 12.8 Å². The van der Waals surface area contributed by atoms with Gasteiger partial charge in [-0.3, -0.25) is 4.79 Å². The Morgan fingerprint density at radius 1 is 0.792 bits per heavy atom. The molecule has 0 N–H and O–H groups in total. The van der Waals surface area contributed by atoms with E-state index in [0.29, 0.717) is 12.8 Å². The van der Waals surface area contributed by atoms with E-state index in [1.165, 1.54) is 23.8 Å². The highest BCUT2D eigenvalue weighted by atomic mass is 16.5. The van der Waals surface area contributed by atoms with E-state index in [4.69, 9.17) is 4.74 Å². The zero-order chi connectivity index (χ0) is 16.8. The fourth-order valence-electron chi connectivity index (χ4n) is 2.85. The van der Waals surface area contributed by atoms with Gasteiger partial charge >= 0.3 is 5.97 Å². The molecular weight excluding hydrogens is 296 g/mol. The zero-order valence-electron chi connectivity index (χ0n) is 13.7. The minimum absolute atomic E-state index is 0.176. The van der Waals surface area contributed by atoms with E-state index in [1.54, 1.807) is 0 Å². The minimum atomic E-state index is -0.176. The lowest BCUT2D eigenvalue weighted by molar-refractivity contribution is -0.140. The van der Waals surface area contributed by atoms with Gasteiger partial charge in [0.1, 0.15) is 0 Å². The molecule has 0 bridgehead atoms. The molecule has 0 aliphatic rings. The van der Waals surface area contributed by atoms with Crippen molar-refractivity contribution in [1.29, 1.82) is 0 Å². The van der Waals surface area contributed by atoms with Crippen LogP contribution in [0.1, 0.15) is 12.0 Å². The van der Waals surface area contributed by atoms with Crippen LogP contribution in [0.3, 0.4) is 0 Å². The molecule has 0 saturated heterocycles. The summed E-state index contributed by atoms with van der Waals surface area (Å²) in [7, 11) is 1.43. The lowest BCUT2D eigenvalue weighted by Crippen LogP contribution is -2.01. The van der Waals surface area contributed by atoms with Gasteiger partial charge in [0.2, 0.25) is 0 Å². The minimum Gasteiger partial charge on any atom is -0.469 e. The Hall–Kier alpha value is -2.87. The van der Waals surface area contributed by atoms with E-state index >= 15 is 0 Å². The fourth-order valence-corrected chi connectivity index (χ4v) is 2.85. The van der Waals surface area contributed by atoms with E-state index in [9.17, 15) is 4.79 Å². The summed E-state index contributed by atoms with van der Waals surface area (Å²) < 4.78 is 4.72. The summed E-state index contributed by atoms with van der Waals surface area (Å²) in [6, 6.07) is 27.2. The Kier molecular flexibility index (Phi) is 5.07. The Labute approximate surface area is 142 Å². The second kappa shape index (κ2) is 7.60. The van der Waals surface area contributed by atoms with Gasteiger partial charge in [-0.05, 0) is 34.2 Å². The Morgan fingerprint density at radius 2 is 1.42 bits per heavy atom. The molecule has 0 heterocycles. The molecule has 3 aromatic rings. The quantitative estimate of drug-likeness (QED) is 0.610. The van der Waals surface area contributed by atoms with Crippen molar-refractivity contribution in [3.8, 4) is 22.3 Å². The van der Waals surface area contributed by atoms with Crippen molar-refractivity contribution in [1.82, 2.24) is 0 Å². The van der Waals surface area contributed by atoms with Gasteiger partial charge in [-0.2, -0.15) is 0 Å². The monoisotopic (exact) mass is 316 g/mol. The molecular formula is C22H20O2. The second-order valence-corrected chi connectivity index (χ2v) is 5.69. The van der Waals surface area contributed by atoms with Crippen LogP contribution in [0, 0.1) is 0 Å². The summed E-state index contributed by atoms with van der Waals surface area (Å²) in [5.74, 6) is -0.176. The number of rotatable bonds is 5. The number of hydrogen-bond donors (Lipinski definition) is 0. The predicted octanol–water partition coefficient (Wildman–Crippen LogP) is 5.13. The number of hydrogen-bond acceptors (Lipinski definition) is 2. The van der Waals surface area contributed by atoms with Crippen molar-refractivity contribution in [2.24, 2.45) is 0 Å². The maximum Gasteiger partial charge on any atom is 0.305 e. The molecule has 0 fully saturated rings. The van der Waals surface area contributed by atoms with Crippen LogP contribution in [-0.2, 0) is 16.0 Å². The largest absolute Gasteiger partial charge is 0.469 e. The Bertz CT molecular complexity index is 822. The molecule has 2 nitrogen and oxygen atoms in total. The number of benzene rings is 3. The second-order valence-electron chi connectivity index (χ2n) is 5.69. The van der Waals surface area contributed by atoms with Gasteiger partial charge in [-0.1, -0.05) is 78.9 Å². The first-order valence-corrected chi connectivity index (χ1v) is 8.08. The van der Waals surface area contributed by atoms with Crippen LogP contribution in [-0.4, -0.2) is 13.1 Å². The van der Waals surface area contributed by atoms with Crippen molar-refractivity contribution >= 4 is 5.97 Å². The van der Waals surface area contributed by atoms with Gasteiger partial charge in [-0.25, -0.2) is 0 Å². The molecule has 0 radical (unpaired) electrons. The summed E-state index contributed by atoms with van der Waals surface area (Å²) in [4.78, 5) is 11.4. The number of esters is 1. The van der Waals surface area contributed by atoms with E-state index in [2.05, 4.69) is 66.7 Å². The number of ether oxygens (including phenoxy) is 1. The van der Waals surface area contributed by atoms with Gasteiger partial charge in [0.25, 0.3) is 0 Å². The molecule has 2 heteroatoms. The van der Waals surface area contributed by atoms with Crippen molar-refractivity contribution in [3.63, 3.8) is 0 Å². The van der Waals surface area contributed by atoms with E-state index in [-0.39, 0.29) is 5.97 Å².